The van der Waals surface area contributed by atoms with E-state index in [9.17, 15) is 0 Å². The van der Waals surface area contributed by atoms with Gasteiger partial charge in [-0.25, -0.2) is 0 Å². The Hall–Kier alpha value is -8.58. The summed E-state index contributed by atoms with van der Waals surface area (Å²) < 4.78 is 0. The van der Waals surface area contributed by atoms with Crippen LogP contribution in [0.3, 0.4) is 0 Å². The Morgan fingerprint density at radius 2 is 0.402 bits per heavy atom. The number of rotatable bonds is 6. The second-order valence-electron chi connectivity index (χ2n) is 26.1. The average molecular weight is 1060 g/mol. The third kappa shape index (κ3) is 8.73. The molecular weight excluding hydrogens is 985 g/mol. The van der Waals surface area contributed by atoms with Gasteiger partial charge in [0.1, 0.15) is 0 Å². The number of aryl methyl sites for hydroxylation is 8. The molecule has 13 aromatic rings. The molecule has 0 aliphatic carbocycles. The van der Waals surface area contributed by atoms with Crippen molar-refractivity contribution in [1.82, 2.24) is 0 Å². The molecule has 0 aliphatic heterocycles. The fraction of sp³-hybridized carbons (Fsp3) is 0.195. The smallest absolute Gasteiger partial charge is 0.00259 e. The maximum Gasteiger partial charge on any atom is -0.00259 e. The number of fused-ring (bicyclic) bond motifs is 6. The zero-order valence-corrected chi connectivity index (χ0v) is 50.5. The summed E-state index contributed by atoms with van der Waals surface area (Å²) in [5.74, 6) is 0. The normalized spacial score (nSPS) is 12.3. The van der Waals surface area contributed by atoms with Gasteiger partial charge >= 0.3 is 0 Å². The van der Waals surface area contributed by atoms with Gasteiger partial charge in [-0.2, -0.15) is 0 Å². The molecule has 0 nitrogen and oxygen atoms in total. The predicted molar refractivity (Wildman–Crippen MR) is 359 cm³/mol. The lowest BCUT2D eigenvalue weighted by Crippen LogP contribution is -2.10. The van der Waals surface area contributed by atoms with Gasteiger partial charge in [-0.1, -0.05) is 187 Å². The summed E-state index contributed by atoms with van der Waals surface area (Å²) in [4.78, 5) is 0. The highest BCUT2D eigenvalue weighted by Gasteiger charge is 2.25. The van der Waals surface area contributed by atoms with Gasteiger partial charge in [0.05, 0.1) is 0 Å². The molecule has 402 valence electrons. The van der Waals surface area contributed by atoms with Gasteiger partial charge in [-0.15, -0.1) is 0 Å². The molecule has 0 fully saturated rings. The van der Waals surface area contributed by atoms with Crippen LogP contribution in [0.25, 0.3) is 131 Å². The van der Waals surface area contributed by atoms with Crippen LogP contribution in [-0.4, -0.2) is 0 Å². The van der Waals surface area contributed by atoms with Crippen LogP contribution >= 0.6 is 0 Å². The lowest BCUT2D eigenvalue weighted by Gasteiger charge is -2.23. The van der Waals surface area contributed by atoms with Gasteiger partial charge in [0.25, 0.3) is 0 Å². The van der Waals surface area contributed by atoms with Gasteiger partial charge in [-0.3, -0.25) is 0 Å². The van der Waals surface area contributed by atoms with Crippen molar-refractivity contribution in [2.75, 3.05) is 0 Å². The molecule has 0 unspecified atom stereocenters. The van der Waals surface area contributed by atoms with Crippen molar-refractivity contribution in [2.24, 2.45) is 0 Å². The second-order valence-corrected chi connectivity index (χ2v) is 26.1. The topological polar surface area (TPSA) is 0 Å². The van der Waals surface area contributed by atoms with E-state index in [-0.39, 0.29) is 10.8 Å². The summed E-state index contributed by atoms with van der Waals surface area (Å²) in [6, 6.07) is 75.8. The third-order valence-corrected chi connectivity index (χ3v) is 18.4. The third-order valence-electron chi connectivity index (χ3n) is 18.4. The summed E-state index contributed by atoms with van der Waals surface area (Å²) in [6.45, 7) is 32.0. The molecule has 0 N–H and O–H groups in total. The minimum absolute atomic E-state index is 0.00592. The van der Waals surface area contributed by atoms with E-state index in [1.54, 1.807) is 0 Å². The van der Waals surface area contributed by atoms with Crippen molar-refractivity contribution in [1.29, 1.82) is 0 Å². The monoisotopic (exact) mass is 1060 g/mol. The first-order valence-corrected chi connectivity index (χ1v) is 29.6. The molecule has 13 rings (SSSR count). The van der Waals surface area contributed by atoms with Gasteiger partial charge in [0, 0.05) is 0 Å². The summed E-state index contributed by atoms with van der Waals surface area (Å²) in [6.07, 6.45) is 0. The Morgan fingerprint density at radius 1 is 0.207 bits per heavy atom. The van der Waals surface area contributed by atoms with Gasteiger partial charge < -0.3 is 0 Å². The summed E-state index contributed by atoms with van der Waals surface area (Å²) in [5.41, 5.74) is 28.3. The molecule has 0 amide bonds. The Labute approximate surface area is 486 Å². The molecule has 0 bridgehead atoms. The van der Waals surface area contributed by atoms with Gasteiger partial charge in [0.15, 0.2) is 0 Å². The molecule has 13 aromatic carbocycles. The standard InChI is InChI=1S/C82H74/c1-47-19-15-20-48(2)75(47)63-35-36-64(76-49(3)21-16-22-50(76)4)68-40-58-44-72-71(43-57(58)39-67(63)68)79(55-27-31-61(32-28-55)81(9,10)11)73-45-59-41-69-65(77-51(5)23-17-24-52(77)6)37-38-66(78-53(7)25-18-26-54(78)8)70(69)42-60(59)46-74(73)80(72)56-29-33-62(34-30-56)82(12,13)14/h15-46H,1-14H3. The fourth-order valence-corrected chi connectivity index (χ4v) is 14.1. The van der Waals surface area contributed by atoms with Crippen LogP contribution in [0.15, 0.2) is 194 Å². The molecular formula is C82H74. The highest BCUT2D eigenvalue weighted by Crippen LogP contribution is 2.50. The van der Waals surface area contributed by atoms with Crippen molar-refractivity contribution in [3.8, 4) is 66.8 Å². The molecule has 82 heavy (non-hydrogen) atoms. The van der Waals surface area contributed by atoms with Crippen LogP contribution in [0.1, 0.15) is 97.2 Å². The lowest BCUT2D eigenvalue weighted by atomic mass is 9.80. The molecule has 0 aromatic heterocycles. The Kier molecular flexibility index (Phi) is 12.6. The van der Waals surface area contributed by atoms with Crippen molar-refractivity contribution >= 4 is 64.6 Å². The molecule has 0 saturated carbocycles. The number of benzene rings is 13. The van der Waals surface area contributed by atoms with E-state index in [1.807, 2.05) is 0 Å². The fourth-order valence-electron chi connectivity index (χ4n) is 14.1. The highest BCUT2D eigenvalue weighted by atomic mass is 14.3. The van der Waals surface area contributed by atoms with Gasteiger partial charge in [-0.05, 0) is 302 Å². The Balaban J connectivity index is 1.22. The van der Waals surface area contributed by atoms with Crippen LogP contribution in [0, 0.1) is 55.4 Å². The minimum atomic E-state index is 0.00592. The van der Waals surface area contributed by atoms with Crippen molar-refractivity contribution in [2.45, 2.75) is 108 Å². The van der Waals surface area contributed by atoms with Crippen LogP contribution < -0.4 is 0 Å². The molecule has 0 aliphatic rings. The van der Waals surface area contributed by atoms with Crippen LogP contribution in [0.5, 0.6) is 0 Å². The van der Waals surface area contributed by atoms with E-state index >= 15 is 0 Å². The van der Waals surface area contributed by atoms with E-state index in [2.05, 4.69) is 291 Å². The number of hydrogen-bond donors (Lipinski definition) is 0. The number of hydrogen-bond acceptors (Lipinski definition) is 0. The molecule has 0 radical (unpaired) electrons. The first-order chi connectivity index (χ1) is 39.2. The van der Waals surface area contributed by atoms with E-state index in [0.29, 0.717) is 0 Å². The first-order valence-electron chi connectivity index (χ1n) is 29.6. The largest absolute Gasteiger partial charge is 0.0617 e. The Morgan fingerprint density at radius 3 is 0.598 bits per heavy atom. The first kappa shape index (κ1) is 52.8. The molecule has 0 spiro atoms. The van der Waals surface area contributed by atoms with Crippen LogP contribution in [0.2, 0.25) is 0 Å². The zero-order chi connectivity index (χ0) is 57.3. The lowest BCUT2D eigenvalue weighted by molar-refractivity contribution is 0.590. The molecule has 0 heterocycles. The second kappa shape index (κ2) is 19.6. The van der Waals surface area contributed by atoms with Crippen LogP contribution in [0.4, 0.5) is 0 Å². The molecule has 0 saturated heterocycles. The molecule has 0 heteroatoms. The maximum atomic E-state index is 2.55. The highest BCUT2D eigenvalue weighted by molar-refractivity contribution is 6.27. The summed E-state index contributed by atoms with van der Waals surface area (Å²) in [5, 5.41) is 15.1. The van der Waals surface area contributed by atoms with E-state index in [4.69, 9.17) is 0 Å². The zero-order valence-electron chi connectivity index (χ0n) is 50.5. The van der Waals surface area contributed by atoms with Crippen molar-refractivity contribution in [3.63, 3.8) is 0 Å². The summed E-state index contributed by atoms with van der Waals surface area (Å²) in [7, 11) is 0. The van der Waals surface area contributed by atoms with E-state index < -0.39 is 0 Å². The van der Waals surface area contributed by atoms with Crippen molar-refractivity contribution in [3.05, 3.63) is 250 Å². The maximum absolute atomic E-state index is 2.55. The minimum Gasteiger partial charge on any atom is -0.0617 e. The quantitative estimate of drug-likeness (QED) is 0.146. The van der Waals surface area contributed by atoms with Crippen molar-refractivity contribution < 1.29 is 0 Å². The average Bonchev–Trinajstić information content (AvgIpc) is 1.17. The van der Waals surface area contributed by atoms with E-state index in [1.165, 1.54) is 187 Å². The summed E-state index contributed by atoms with van der Waals surface area (Å²) >= 11 is 0. The Bertz CT molecular complexity index is 4160. The van der Waals surface area contributed by atoms with Crippen LogP contribution in [-0.2, 0) is 10.8 Å². The predicted octanol–water partition coefficient (Wildman–Crippen LogP) is 23.7. The molecule has 0 atom stereocenters. The van der Waals surface area contributed by atoms with E-state index in [0.717, 1.165) is 0 Å². The van der Waals surface area contributed by atoms with Gasteiger partial charge in [0.2, 0.25) is 0 Å². The SMILES string of the molecule is Cc1cccc(C)c1-c1ccc(-c2c(C)cccc2C)c2cc3cc4c(-c5ccc(C(C)(C)C)cc5)c5cc6cc7c(-c8c(C)cccc8C)ccc(-c8c(C)cccc8C)c7cc6cc5c(-c5ccc(C(C)(C)C)cc5)c4cc3cc12.